The average molecular weight is 272 g/mol. The molecule has 0 aliphatic carbocycles. The molecular formula is C18H24O2. The molecule has 0 bridgehead atoms. The molecule has 1 unspecified atom stereocenters. The van der Waals surface area contributed by atoms with Gasteiger partial charge in [-0.25, -0.2) is 0 Å². The second kappa shape index (κ2) is 5.84. The molecule has 1 N–H and O–H groups in total. The molecule has 0 radical (unpaired) electrons. The van der Waals surface area contributed by atoms with Gasteiger partial charge in [0, 0.05) is 5.39 Å². The minimum absolute atomic E-state index is 0.239. The number of rotatable bonds is 4. The SMILES string of the molecule is COc1ccc(C(O)CCC(C)(C)C)c2ccccc12. The van der Waals surface area contributed by atoms with Gasteiger partial charge in [-0.05, 0) is 35.3 Å². The summed E-state index contributed by atoms with van der Waals surface area (Å²) in [4.78, 5) is 0. The van der Waals surface area contributed by atoms with Crippen LogP contribution in [0.5, 0.6) is 5.75 Å². The minimum Gasteiger partial charge on any atom is -0.496 e. The predicted molar refractivity (Wildman–Crippen MR) is 84.1 cm³/mol. The lowest BCUT2D eigenvalue weighted by Gasteiger charge is -2.21. The molecule has 0 saturated heterocycles. The van der Waals surface area contributed by atoms with Crippen LogP contribution in [-0.4, -0.2) is 12.2 Å². The van der Waals surface area contributed by atoms with Crippen molar-refractivity contribution in [2.45, 2.75) is 39.7 Å². The summed E-state index contributed by atoms with van der Waals surface area (Å²) in [5.41, 5.74) is 1.23. The van der Waals surface area contributed by atoms with Crippen LogP contribution < -0.4 is 4.74 Å². The Morgan fingerprint density at radius 2 is 1.70 bits per heavy atom. The normalized spacial score (nSPS) is 13.4. The zero-order valence-electron chi connectivity index (χ0n) is 12.8. The van der Waals surface area contributed by atoms with Crippen LogP contribution in [0, 0.1) is 5.41 Å². The van der Waals surface area contributed by atoms with E-state index in [1.807, 2.05) is 36.4 Å². The van der Waals surface area contributed by atoms with E-state index in [9.17, 15) is 5.11 Å². The fraction of sp³-hybridized carbons (Fsp3) is 0.444. The van der Waals surface area contributed by atoms with E-state index >= 15 is 0 Å². The zero-order chi connectivity index (χ0) is 14.8. The van der Waals surface area contributed by atoms with Gasteiger partial charge in [-0.1, -0.05) is 51.1 Å². The van der Waals surface area contributed by atoms with Gasteiger partial charge in [0.05, 0.1) is 13.2 Å². The highest BCUT2D eigenvalue weighted by atomic mass is 16.5. The second-order valence-corrected chi connectivity index (χ2v) is 6.52. The standard InChI is InChI=1S/C18H24O2/c1-18(2,3)12-11-16(19)14-9-10-17(20-4)15-8-6-5-7-13(14)15/h5-10,16,19H,11-12H2,1-4H3. The highest BCUT2D eigenvalue weighted by Gasteiger charge is 2.17. The predicted octanol–water partition coefficient (Wildman–Crippen LogP) is 4.71. The van der Waals surface area contributed by atoms with Crippen LogP contribution in [0.15, 0.2) is 36.4 Å². The van der Waals surface area contributed by atoms with E-state index in [-0.39, 0.29) is 5.41 Å². The van der Waals surface area contributed by atoms with Gasteiger partial charge >= 0.3 is 0 Å². The van der Waals surface area contributed by atoms with Crippen LogP contribution in [0.2, 0.25) is 0 Å². The van der Waals surface area contributed by atoms with Gasteiger partial charge in [-0.2, -0.15) is 0 Å². The highest BCUT2D eigenvalue weighted by molar-refractivity contribution is 5.91. The van der Waals surface area contributed by atoms with Crippen LogP contribution in [0.3, 0.4) is 0 Å². The van der Waals surface area contributed by atoms with Crippen molar-refractivity contribution in [3.05, 3.63) is 42.0 Å². The summed E-state index contributed by atoms with van der Waals surface area (Å²) in [5, 5.41) is 12.6. The monoisotopic (exact) mass is 272 g/mol. The lowest BCUT2D eigenvalue weighted by atomic mass is 9.87. The molecule has 0 saturated carbocycles. The number of hydrogen-bond donors (Lipinski definition) is 1. The van der Waals surface area contributed by atoms with E-state index < -0.39 is 6.10 Å². The Labute approximate surface area is 121 Å². The number of ether oxygens (including phenoxy) is 1. The summed E-state index contributed by atoms with van der Waals surface area (Å²) in [5.74, 6) is 0.854. The van der Waals surface area contributed by atoms with Gasteiger partial charge in [0.1, 0.15) is 5.75 Å². The third-order valence-electron chi connectivity index (χ3n) is 3.66. The van der Waals surface area contributed by atoms with Gasteiger partial charge in [0.25, 0.3) is 0 Å². The molecule has 108 valence electrons. The number of methoxy groups -OCH3 is 1. The van der Waals surface area contributed by atoms with E-state index in [2.05, 4.69) is 20.8 Å². The summed E-state index contributed by atoms with van der Waals surface area (Å²) in [7, 11) is 1.68. The Hall–Kier alpha value is -1.54. The molecule has 20 heavy (non-hydrogen) atoms. The van der Waals surface area contributed by atoms with E-state index in [0.717, 1.165) is 34.9 Å². The molecule has 1 atom stereocenters. The molecule has 0 aromatic heterocycles. The van der Waals surface area contributed by atoms with Crippen molar-refractivity contribution < 1.29 is 9.84 Å². The molecule has 2 rings (SSSR count). The fourth-order valence-electron chi connectivity index (χ4n) is 2.49. The first kappa shape index (κ1) is 14.9. The molecule has 0 heterocycles. The lowest BCUT2D eigenvalue weighted by molar-refractivity contribution is 0.149. The molecule has 2 heteroatoms. The first-order valence-corrected chi connectivity index (χ1v) is 7.16. The number of aliphatic hydroxyl groups is 1. The smallest absolute Gasteiger partial charge is 0.126 e. The maximum Gasteiger partial charge on any atom is 0.126 e. The van der Waals surface area contributed by atoms with Gasteiger partial charge in [-0.3, -0.25) is 0 Å². The molecule has 2 aromatic rings. The maximum absolute atomic E-state index is 10.5. The first-order chi connectivity index (χ1) is 9.42. The van der Waals surface area contributed by atoms with Crippen molar-refractivity contribution in [3.63, 3.8) is 0 Å². The topological polar surface area (TPSA) is 29.5 Å². The van der Waals surface area contributed by atoms with Crippen molar-refractivity contribution >= 4 is 10.8 Å². The van der Waals surface area contributed by atoms with Gasteiger partial charge in [0.15, 0.2) is 0 Å². The van der Waals surface area contributed by atoms with Crippen LogP contribution >= 0.6 is 0 Å². The van der Waals surface area contributed by atoms with Crippen LogP contribution in [-0.2, 0) is 0 Å². The van der Waals surface area contributed by atoms with E-state index in [1.54, 1.807) is 7.11 Å². The zero-order valence-corrected chi connectivity index (χ0v) is 12.8. The Morgan fingerprint density at radius 1 is 1.05 bits per heavy atom. The molecule has 0 aliphatic heterocycles. The Balaban J connectivity index is 2.35. The number of fused-ring (bicyclic) bond motifs is 1. The fourth-order valence-corrected chi connectivity index (χ4v) is 2.49. The van der Waals surface area contributed by atoms with Crippen molar-refractivity contribution in [3.8, 4) is 5.75 Å². The van der Waals surface area contributed by atoms with E-state index in [4.69, 9.17) is 4.74 Å². The van der Waals surface area contributed by atoms with Gasteiger partial charge in [0.2, 0.25) is 0 Å². The second-order valence-electron chi connectivity index (χ2n) is 6.52. The Kier molecular flexibility index (Phi) is 4.34. The minimum atomic E-state index is -0.426. The summed E-state index contributed by atoms with van der Waals surface area (Å²) in [6.07, 6.45) is 1.35. The van der Waals surface area contributed by atoms with Crippen LogP contribution in [0.1, 0.15) is 45.3 Å². The molecule has 0 fully saturated rings. The van der Waals surface area contributed by atoms with Crippen molar-refractivity contribution in [2.24, 2.45) is 5.41 Å². The highest BCUT2D eigenvalue weighted by Crippen LogP contribution is 2.34. The molecular weight excluding hydrogens is 248 g/mol. The van der Waals surface area contributed by atoms with Crippen LogP contribution in [0.25, 0.3) is 10.8 Å². The van der Waals surface area contributed by atoms with Crippen molar-refractivity contribution in [1.82, 2.24) is 0 Å². The van der Waals surface area contributed by atoms with Gasteiger partial charge < -0.3 is 9.84 Å². The Morgan fingerprint density at radius 3 is 2.30 bits per heavy atom. The first-order valence-electron chi connectivity index (χ1n) is 7.16. The molecule has 2 aromatic carbocycles. The maximum atomic E-state index is 10.5. The Bertz CT molecular complexity index is 581. The van der Waals surface area contributed by atoms with Crippen molar-refractivity contribution in [2.75, 3.05) is 7.11 Å². The third kappa shape index (κ3) is 3.31. The summed E-state index contributed by atoms with van der Waals surface area (Å²) in [6.45, 7) is 6.60. The van der Waals surface area contributed by atoms with E-state index in [0.29, 0.717) is 0 Å². The number of hydrogen-bond acceptors (Lipinski definition) is 2. The molecule has 2 nitrogen and oxygen atoms in total. The van der Waals surface area contributed by atoms with E-state index in [1.165, 1.54) is 0 Å². The van der Waals surface area contributed by atoms with Crippen molar-refractivity contribution in [1.29, 1.82) is 0 Å². The summed E-state index contributed by atoms with van der Waals surface area (Å²) < 4.78 is 5.39. The molecule has 0 aliphatic rings. The summed E-state index contributed by atoms with van der Waals surface area (Å²) in [6, 6.07) is 12.0. The molecule has 0 spiro atoms. The number of aliphatic hydroxyl groups excluding tert-OH is 1. The molecule has 0 amide bonds. The quantitative estimate of drug-likeness (QED) is 0.873. The largest absolute Gasteiger partial charge is 0.496 e. The third-order valence-corrected chi connectivity index (χ3v) is 3.66. The number of benzene rings is 2. The summed E-state index contributed by atoms with van der Waals surface area (Å²) >= 11 is 0. The average Bonchev–Trinajstić information content (AvgIpc) is 2.42. The van der Waals surface area contributed by atoms with Crippen LogP contribution in [0.4, 0.5) is 0 Å². The lowest BCUT2D eigenvalue weighted by Crippen LogP contribution is -2.08. The van der Waals surface area contributed by atoms with Gasteiger partial charge in [-0.15, -0.1) is 0 Å².